The zero-order chi connectivity index (χ0) is 57.1. The van der Waals surface area contributed by atoms with Gasteiger partial charge in [-0.15, -0.1) is 0 Å². The van der Waals surface area contributed by atoms with Gasteiger partial charge in [0.05, 0.1) is 25.4 Å². The lowest BCUT2D eigenvalue weighted by Crippen LogP contribution is -2.45. The minimum absolute atomic E-state index is 0.0135. The molecule has 0 spiro atoms. The summed E-state index contributed by atoms with van der Waals surface area (Å²) in [4.78, 5) is 24.6. The fourth-order valence-corrected chi connectivity index (χ4v) is 11.2. The van der Waals surface area contributed by atoms with E-state index in [2.05, 4.69) is 43.5 Å². The van der Waals surface area contributed by atoms with E-state index in [1.807, 2.05) is 6.08 Å². The molecule has 79 heavy (non-hydrogen) atoms. The number of aliphatic hydroxyl groups excluding tert-OH is 2. The van der Waals surface area contributed by atoms with Gasteiger partial charge in [-0.25, -0.2) is 0 Å². The lowest BCUT2D eigenvalue weighted by atomic mass is 10.0. The molecule has 0 aliphatic rings. The van der Waals surface area contributed by atoms with Gasteiger partial charge in [0.1, 0.15) is 0 Å². The first-order valence-electron chi connectivity index (χ1n) is 35.8. The maximum atomic E-state index is 12.5. The molecule has 0 aromatic rings. The molecular weight excluding hydrogens is 971 g/mol. The predicted octanol–water partition coefficient (Wildman–Crippen LogP) is 23.1. The van der Waals surface area contributed by atoms with E-state index in [0.717, 1.165) is 44.9 Å². The standard InChI is InChI=1S/C73H139NO5/c1-3-5-7-9-11-13-15-17-19-21-30-33-37-41-45-49-53-57-61-65-71(76)70(69-75)74-72(77)66-62-58-54-50-46-42-38-34-31-28-26-24-23-25-27-29-32-36-40-44-48-52-56-60-64-68-79-73(78)67-63-59-55-51-47-43-39-35-22-20-18-16-14-12-10-8-6-4-2/h24-27,61,65,70-71,75-76H,3-23,28-60,62-64,66-69H2,1-2H3,(H,74,77)/b26-24-,27-25-,65-61+. The van der Waals surface area contributed by atoms with E-state index in [1.54, 1.807) is 6.08 Å². The minimum atomic E-state index is -0.850. The third-order valence-electron chi connectivity index (χ3n) is 16.7. The van der Waals surface area contributed by atoms with Crippen LogP contribution in [0.3, 0.4) is 0 Å². The smallest absolute Gasteiger partial charge is 0.305 e. The summed E-state index contributed by atoms with van der Waals surface area (Å²) in [5, 5.41) is 23.2. The minimum Gasteiger partial charge on any atom is -0.466 e. The summed E-state index contributed by atoms with van der Waals surface area (Å²) in [6.07, 6.45) is 87.9. The van der Waals surface area contributed by atoms with Gasteiger partial charge in [0.2, 0.25) is 5.91 Å². The number of amides is 1. The molecule has 466 valence electrons. The second kappa shape index (κ2) is 68.6. The van der Waals surface area contributed by atoms with Crippen molar-refractivity contribution in [2.75, 3.05) is 13.2 Å². The van der Waals surface area contributed by atoms with Crippen molar-refractivity contribution in [3.05, 3.63) is 36.5 Å². The van der Waals surface area contributed by atoms with Gasteiger partial charge in [0.15, 0.2) is 0 Å². The Morgan fingerprint density at radius 2 is 0.633 bits per heavy atom. The van der Waals surface area contributed by atoms with E-state index in [4.69, 9.17) is 4.74 Å². The third kappa shape index (κ3) is 65.1. The number of allylic oxidation sites excluding steroid dienone is 5. The van der Waals surface area contributed by atoms with Crippen molar-refractivity contribution < 1.29 is 24.5 Å². The Balaban J connectivity index is 3.44. The summed E-state index contributed by atoms with van der Waals surface area (Å²) < 4.78 is 5.50. The van der Waals surface area contributed by atoms with Gasteiger partial charge in [0.25, 0.3) is 0 Å². The Labute approximate surface area is 494 Å². The first-order valence-corrected chi connectivity index (χ1v) is 35.8. The molecular formula is C73H139NO5. The highest BCUT2D eigenvalue weighted by molar-refractivity contribution is 5.76. The van der Waals surface area contributed by atoms with Crippen LogP contribution in [0, 0.1) is 0 Å². The van der Waals surface area contributed by atoms with E-state index < -0.39 is 12.1 Å². The number of unbranched alkanes of at least 4 members (excludes halogenated alkanes) is 52. The first-order chi connectivity index (χ1) is 39.0. The number of hydrogen-bond acceptors (Lipinski definition) is 5. The molecule has 0 heterocycles. The van der Waals surface area contributed by atoms with Crippen LogP contribution in [0.1, 0.15) is 393 Å². The SMILES string of the molecule is CCCCCCCCCCCCCCCCCCC/C=C/C(O)C(CO)NC(=O)CCCCCCCCCCC/C=C\C/C=C\CCCCCCCCCCCOC(=O)CCCCCCCCCCCCCCCCCCCC. The van der Waals surface area contributed by atoms with Gasteiger partial charge in [-0.1, -0.05) is 352 Å². The fourth-order valence-electron chi connectivity index (χ4n) is 11.2. The first kappa shape index (κ1) is 77.1. The van der Waals surface area contributed by atoms with Crippen molar-refractivity contribution in [3.8, 4) is 0 Å². The van der Waals surface area contributed by atoms with Crippen LogP contribution in [0.15, 0.2) is 36.5 Å². The highest BCUT2D eigenvalue weighted by Crippen LogP contribution is 2.18. The van der Waals surface area contributed by atoms with Crippen molar-refractivity contribution >= 4 is 11.9 Å². The molecule has 0 fully saturated rings. The van der Waals surface area contributed by atoms with Crippen molar-refractivity contribution in [2.24, 2.45) is 0 Å². The van der Waals surface area contributed by atoms with Gasteiger partial charge in [-0.3, -0.25) is 9.59 Å². The number of nitrogens with one attached hydrogen (secondary N) is 1. The molecule has 0 aromatic heterocycles. The quantitative estimate of drug-likeness (QED) is 0.0320. The maximum Gasteiger partial charge on any atom is 0.305 e. The van der Waals surface area contributed by atoms with Crippen LogP contribution in [-0.4, -0.2) is 47.4 Å². The molecule has 0 aliphatic heterocycles. The summed E-state index contributed by atoms with van der Waals surface area (Å²) >= 11 is 0. The molecule has 1 amide bonds. The molecule has 6 nitrogen and oxygen atoms in total. The highest BCUT2D eigenvalue weighted by Gasteiger charge is 2.18. The van der Waals surface area contributed by atoms with Crippen molar-refractivity contribution in [1.29, 1.82) is 0 Å². The van der Waals surface area contributed by atoms with Crippen LogP contribution in [0.25, 0.3) is 0 Å². The van der Waals surface area contributed by atoms with E-state index in [1.165, 1.54) is 321 Å². The molecule has 0 rings (SSSR count). The Morgan fingerprint density at radius 3 is 0.962 bits per heavy atom. The van der Waals surface area contributed by atoms with E-state index in [0.29, 0.717) is 19.4 Å². The average Bonchev–Trinajstić information content (AvgIpc) is 3.45. The van der Waals surface area contributed by atoms with E-state index in [-0.39, 0.29) is 18.5 Å². The molecule has 0 radical (unpaired) electrons. The van der Waals surface area contributed by atoms with Gasteiger partial charge < -0.3 is 20.3 Å². The van der Waals surface area contributed by atoms with Crippen molar-refractivity contribution in [2.45, 2.75) is 405 Å². The second-order valence-corrected chi connectivity index (χ2v) is 24.6. The molecule has 0 aliphatic carbocycles. The van der Waals surface area contributed by atoms with Gasteiger partial charge in [-0.2, -0.15) is 0 Å². The van der Waals surface area contributed by atoms with Gasteiger partial charge in [-0.05, 0) is 64.2 Å². The van der Waals surface area contributed by atoms with E-state index >= 15 is 0 Å². The summed E-state index contributed by atoms with van der Waals surface area (Å²) in [5.74, 6) is -0.0575. The number of rotatable bonds is 67. The lowest BCUT2D eigenvalue weighted by Gasteiger charge is -2.20. The summed E-state index contributed by atoms with van der Waals surface area (Å²) in [7, 11) is 0. The van der Waals surface area contributed by atoms with Crippen LogP contribution in [0.4, 0.5) is 0 Å². The van der Waals surface area contributed by atoms with Crippen molar-refractivity contribution in [3.63, 3.8) is 0 Å². The largest absolute Gasteiger partial charge is 0.466 e. The molecule has 3 N–H and O–H groups in total. The zero-order valence-corrected chi connectivity index (χ0v) is 53.4. The van der Waals surface area contributed by atoms with Crippen LogP contribution in [0.2, 0.25) is 0 Å². The number of ether oxygens (including phenoxy) is 1. The number of esters is 1. The van der Waals surface area contributed by atoms with E-state index in [9.17, 15) is 19.8 Å². The number of carbonyl (C=O) groups is 2. The van der Waals surface area contributed by atoms with Gasteiger partial charge in [0, 0.05) is 12.8 Å². The molecule has 0 saturated carbocycles. The Morgan fingerprint density at radius 1 is 0.354 bits per heavy atom. The average molecular weight is 1110 g/mol. The number of carbonyl (C=O) groups excluding carboxylic acids is 2. The maximum absolute atomic E-state index is 12.5. The Hall–Kier alpha value is -1.92. The molecule has 0 aromatic carbocycles. The molecule has 0 bridgehead atoms. The van der Waals surface area contributed by atoms with Crippen LogP contribution in [0.5, 0.6) is 0 Å². The number of hydrogen-bond donors (Lipinski definition) is 3. The van der Waals surface area contributed by atoms with Crippen molar-refractivity contribution in [1.82, 2.24) is 5.32 Å². The van der Waals surface area contributed by atoms with Crippen LogP contribution < -0.4 is 5.32 Å². The lowest BCUT2D eigenvalue weighted by molar-refractivity contribution is -0.143. The second-order valence-electron chi connectivity index (χ2n) is 24.6. The normalized spacial score (nSPS) is 12.7. The highest BCUT2D eigenvalue weighted by atomic mass is 16.5. The predicted molar refractivity (Wildman–Crippen MR) is 347 cm³/mol. The summed E-state index contributed by atoms with van der Waals surface area (Å²) in [6.45, 7) is 4.94. The van der Waals surface area contributed by atoms with Gasteiger partial charge >= 0.3 is 5.97 Å². The fraction of sp³-hybridized carbons (Fsp3) is 0.890. The summed E-state index contributed by atoms with van der Waals surface area (Å²) in [5.41, 5.74) is 0. The number of aliphatic hydroxyl groups is 2. The molecule has 6 heteroatoms. The monoisotopic (exact) mass is 1110 g/mol. The Bertz CT molecular complexity index is 1280. The van der Waals surface area contributed by atoms with Crippen LogP contribution in [-0.2, 0) is 14.3 Å². The Kier molecular flexibility index (Phi) is 66.9. The molecule has 2 atom stereocenters. The molecule has 0 saturated heterocycles. The zero-order valence-electron chi connectivity index (χ0n) is 53.4. The van der Waals surface area contributed by atoms with Crippen LogP contribution >= 0.6 is 0 Å². The molecule has 2 unspecified atom stereocenters. The topological polar surface area (TPSA) is 95.9 Å². The third-order valence-corrected chi connectivity index (χ3v) is 16.7. The summed E-state index contributed by atoms with van der Waals surface area (Å²) in [6, 6.07) is -0.634.